The van der Waals surface area contributed by atoms with Gasteiger partial charge in [-0.15, -0.1) is 0 Å². The minimum atomic E-state index is -0.272. The van der Waals surface area contributed by atoms with E-state index >= 15 is 0 Å². The maximum Gasteiger partial charge on any atom is 0.348 e. The van der Waals surface area contributed by atoms with Crippen LogP contribution in [0.3, 0.4) is 0 Å². The molecular formula is C10H12BrN5O. The fraction of sp³-hybridized carbons (Fsp3) is 0.400. The molecule has 6 nitrogen and oxygen atoms in total. The van der Waals surface area contributed by atoms with Crippen LogP contribution in [0.1, 0.15) is 17.2 Å². The molecule has 0 fully saturated rings. The van der Waals surface area contributed by atoms with Crippen molar-refractivity contribution >= 4 is 15.9 Å². The Morgan fingerprint density at radius 3 is 2.71 bits per heavy atom. The molecule has 0 radical (unpaired) electrons. The largest absolute Gasteiger partial charge is 0.348 e. The Balaban J connectivity index is 2.51. The zero-order chi connectivity index (χ0) is 12.6. The molecular weight excluding hydrogens is 286 g/mol. The van der Waals surface area contributed by atoms with E-state index in [-0.39, 0.29) is 5.69 Å². The van der Waals surface area contributed by atoms with Gasteiger partial charge in [0, 0.05) is 12.7 Å². The second-order valence-electron chi connectivity index (χ2n) is 3.77. The normalized spacial score (nSPS) is 10.8. The second-order valence-corrected chi connectivity index (χ2v) is 4.56. The molecule has 0 saturated carbocycles. The molecule has 0 bridgehead atoms. The molecule has 2 heterocycles. The van der Waals surface area contributed by atoms with Gasteiger partial charge in [-0.2, -0.15) is 10.1 Å². The molecule has 90 valence electrons. The molecule has 0 aliphatic heterocycles. The van der Waals surface area contributed by atoms with Crippen LogP contribution in [0.4, 0.5) is 0 Å². The fourth-order valence-corrected chi connectivity index (χ4v) is 1.87. The summed E-state index contributed by atoms with van der Waals surface area (Å²) in [7, 11) is 1.79. The zero-order valence-corrected chi connectivity index (χ0v) is 11.4. The third-order valence-electron chi connectivity index (χ3n) is 2.64. The van der Waals surface area contributed by atoms with Crippen LogP contribution in [0.15, 0.2) is 15.6 Å². The molecule has 2 aromatic rings. The van der Waals surface area contributed by atoms with Crippen molar-refractivity contribution in [1.29, 1.82) is 0 Å². The van der Waals surface area contributed by atoms with Gasteiger partial charge < -0.3 is 0 Å². The highest BCUT2D eigenvalue weighted by atomic mass is 79.9. The molecule has 0 aliphatic carbocycles. The first-order valence-corrected chi connectivity index (χ1v) is 5.86. The van der Waals surface area contributed by atoms with Crippen LogP contribution in [0.5, 0.6) is 0 Å². The predicted molar refractivity (Wildman–Crippen MR) is 65.8 cm³/mol. The molecule has 7 heteroatoms. The summed E-state index contributed by atoms with van der Waals surface area (Å²) in [6.07, 6.45) is 1.46. The van der Waals surface area contributed by atoms with E-state index in [9.17, 15) is 4.79 Å². The van der Waals surface area contributed by atoms with E-state index in [1.165, 1.54) is 6.33 Å². The average molecular weight is 298 g/mol. The lowest BCUT2D eigenvalue weighted by atomic mass is 10.3. The average Bonchev–Trinajstić information content (AvgIpc) is 2.67. The highest BCUT2D eigenvalue weighted by molar-refractivity contribution is 9.10. The first kappa shape index (κ1) is 12.0. The van der Waals surface area contributed by atoms with E-state index in [4.69, 9.17) is 0 Å². The maximum atomic E-state index is 11.8. The minimum absolute atomic E-state index is 0.272. The van der Waals surface area contributed by atoms with Crippen LogP contribution in [-0.4, -0.2) is 24.3 Å². The molecule has 2 rings (SSSR count). The Bertz CT molecular complexity index is 616. The second kappa shape index (κ2) is 4.40. The van der Waals surface area contributed by atoms with Crippen molar-refractivity contribution < 1.29 is 0 Å². The van der Waals surface area contributed by atoms with Crippen molar-refractivity contribution in [2.75, 3.05) is 0 Å². The van der Waals surface area contributed by atoms with Crippen LogP contribution < -0.4 is 5.69 Å². The molecule has 0 amide bonds. The Hall–Kier alpha value is -1.50. The van der Waals surface area contributed by atoms with E-state index in [0.717, 1.165) is 10.2 Å². The third-order valence-corrected chi connectivity index (χ3v) is 3.79. The molecule has 0 spiro atoms. The predicted octanol–water partition coefficient (Wildman–Crippen LogP) is 0.799. The Morgan fingerprint density at radius 1 is 1.41 bits per heavy atom. The van der Waals surface area contributed by atoms with Gasteiger partial charge in [0.05, 0.1) is 16.7 Å². The Morgan fingerprint density at radius 2 is 2.12 bits per heavy atom. The standard InChI is InChI=1S/C10H12BrN5O/c1-6-9(11)7(2)16(10(17)14-6)4-8-12-5-13-15(8)3/h5H,4H2,1-3H3. The number of hydrogen-bond acceptors (Lipinski definition) is 4. The molecule has 0 aliphatic rings. The van der Waals surface area contributed by atoms with E-state index in [2.05, 4.69) is 31.0 Å². The number of aromatic nitrogens is 5. The highest BCUT2D eigenvalue weighted by Gasteiger charge is 2.11. The monoisotopic (exact) mass is 297 g/mol. The smallest absolute Gasteiger partial charge is 0.288 e. The van der Waals surface area contributed by atoms with Crippen LogP contribution >= 0.6 is 15.9 Å². The van der Waals surface area contributed by atoms with Crippen LogP contribution in [0.2, 0.25) is 0 Å². The molecule has 17 heavy (non-hydrogen) atoms. The number of nitrogens with zero attached hydrogens (tertiary/aromatic N) is 5. The van der Waals surface area contributed by atoms with Crippen LogP contribution in [0.25, 0.3) is 0 Å². The molecule has 0 atom stereocenters. The van der Waals surface area contributed by atoms with Gasteiger partial charge in [-0.1, -0.05) is 0 Å². The lowest BCUT2D eigenvalue weighted by Gasteiger charge is -2.11. The van der Waals surface area contributed by atoms with Gasteiger partial charge in [-0.3, -0.25) is 9.25 Å². The van der Waals surface area contributed by atoms with Gasteiger partial charge in [0.2, 0.25) is 0 Å². The van der Waals surface area contributed by atoms with Crippen molar-refractivity contribution in [3.8, 4) is 0 Å². The SMILES string of the molecule is Cc1nc(=O)n(Cc2ncnn2C)c(C)c1Br. The van der Waals surface area contributed by atoms with Crippen molar-refractivity contribution in [3.63, 3.8) is 0 Å². The molecule has 2 aromatic heterocycles. The van der Waals surface area contributed by atoms with Gasteiger partial charge in [0.25, 0.3) is 0 Å². The van der Waals surface area contributed by atoms with Crippen molar-refractivity contribution in [2.45, 2.75) is 20.4 Å². The summed E-state index contributed by atoms with van der Waals surface area (Å²) in [4.78, 5) is 19.9. The lowest BCUT2D eigenvalue weighted by molar-refractivity contribution is 0.613. The number of aryl methyl sites for hydroxylation is 2. The first-order valence-electron chi connectivity index (χ1n) is 5.07. The quantitative estimate of drug-likeness (QED) is 0.822. The van der Waals surface area contributed by atoms with Crippen LogP contribution in [-0.2, 0) is 13.6 Å². The lowest BCUT2D eigenvalue weighted by Crippen LogP contribution is -2.28. The van der Waals surface area contributed by atoms with Gasteiger partial charge in [-0.05, 0) is 29.8 Å². The van der Waals surface area contributed by atoms with Crippen LogP contribution in [0, 0.1) is 13.8 Å². The zero-order valence-electron chi connectivity index (χ0n) is 9.81. The van der Waals surface area contributed by atoms with Gasteiger partial charge in [0.15, 0.2) is 0 Å². The highest BCUT2D eigenvalue weighted by Crippen LogP contribution is 2.16. The number of hydrogen-bond donors (Lipinski definition) is 0. The maximum absolute atomic E-state index is 11.8. The van der Waals surface area contributed by atoms with Gasteiger partial charge in [-0.25, -0.2) is 9.78 Å². The Kier molecular flexibility index (Phi) is 3.10. The first-order chi connectivity index (χ1) is 8.00. The summed E-state index contributed by atoms with van der Waals surface area (Å²) in [6, 6.07) is 0. The molecule has 0 unspecified atom stereocenters. The molecule has 0 N–H and O–H groups in total. The van der Waals surface area contributed by atoms with Crippen molar-refractivity contribution in [2.24, 2.45) is 7.05 Å². The number of halogens is 1. The molecule has 0 saturated heterocycles. The number of rotatable bonds is 2. The summed E-state index contributed by atoms with van der Waals surface area (Å²) >= 11 is 3.42. The summed E-state index contributed by atoms with van der Waals surface area (Å²) in [5, 5.41) is 3.97. The third kappa shape index (κ3) is 2.14. The minimum Gasteiger partial charge on any atom is -0.288 e. The Labute approximate surface area is 106 Å². The fourth-order valence-electron chi connectivity index (χ4n) is 1.57. The van der Waals surface area contributed by atoms with E-state index in [1.807, 2.05) is 6.92 Å². The van der Waals surface area contributed by atoms with Crippen molar-refractivity contribution in [1.82, 2.24) is 24.3 Å². The van der Waals surface area contributed by atoms with Gasteiger partial charge in [0.1, 0.15) is 12.2 Å². The summed E-state index contributed by atoms with van der Waals surface area (Å²) < 4.78 is 4.06. The summed E-state index contributed by atoms with van der Waals surface area (Å²) in [5.41, 5.74) is 1.26. The van der Waals surface area contributed by atoms with E-state index in [1.54, 1.807) is 23.2 Å². The van der Waals surface area contributed by atoms with Gasteiger partial charge >= 0.3 is 5.69 Å². The van der Waals surface area contributed by atoms with E-state index in [0.29, 0.717) is 18.1 Å². The molecule has 0 aromatic carbocycles. The van der Waals surface area contributed by atoms with E-state index < -0.39 is 0 Å². The van der Waals surface area contributed by atoms with Crippen molar-refractivity contribution in [3.05, 3.63) is 38.5 Å². The topological polar surface area (TPSA) is 65.6 Å². The summed E-state index contributed by atoms with van der Waals surface area (Å²) in [6.45, 7) is 4.04. The summed E-state index contributed by atoms with van der Waals surface area (Å²) in [5.74, 6) is 0.716.